The number of rotatable bonds is 4. The van der Waals surface area contributed by atoms with Gasteiger partial charge in [0.05, 0.1) is 17.9 Å². The largest absolute Gasteiger partial charge is 0.490 e. The van der Waals surface area contributed by atoms with Crippen LogP contribution in [0.5, 0.6) is 5.75 Å². The first kappa shape index (κ1) is 12.5. The molecule has 0 spiro atoms. The second kappa shape index (κ2) is 5.12. The maximum Gasteiger partial charge on any atom is 0.142 e. The number of anilines is 1. The number of nitrogens with zero attached hydrogens (tertiary/aromatic N) is 2. The summed E-state index contributed by atoms with van der Waals surface area (Å²) in [6.07, 6.45) is 0. The lowest BCUT2D eigenvalue weighted by Crippen LogP contribution is -2.11. The van der Waals surface area contributed by atoms with Crippen molar-refractivity contribution in [1.82, 2.24) is 9.78 Å². The predicted octanol–water partition coefficient (Wildman–Crippen LogP) is 2.47. The van der Waals surface area contributed by atoms with Gasteiger partial charge in [0.2, 0.25) is 0 Å². The smallest absolute Gasteiger partial charge is 0.142 e. The molecule has 0 aliphatic carbocycles. The van der Waals surface area contributed by atoms with Crippen LogP contribution in [0.2, 0.25) is 0 Å². The Morgan fingerprint density at radius 2 is 1.94 bits per heavy atom. The molecule has 0 amide bonds. The first-order chi connectivity index (χ1) is 8.59. The lowest BCUT2D eigenvalue weighted by atomic mass is 10.2. The quantitative estimate of drug-likeness (QED) is 0.842. The summed E-state index contributed by atoms with van der Waals surface area (Å²) in [4.78, 5) is 0. The second-order valence-corrected chi connectivity index (χ2v) is 4.41. The van der Waals surface area contributed by atoms with Crippen LogP contribution in [-0.2, 0) is 6.54 Å². The van der Waals surface area contributed by atoms with Crippen LogP contribution in [0, 0.1) is 20.8 Å². The first-order valence-corrected chi connectivity index (χ1v) is 6.07. The lowest BCUT2D eigenvalue weighted by Gasteiger charge is -2.09. The van der Waals surface area contributed by atoms with E-state index >= 15 is 0 Å². The molecule has 0 unspecified atom stereocenters. The zero-order valence-electron chi connectivity index (χ0n) is 11.1. The van der Waals surface area contributed by atoms with Crippen LogP contribution in [0.15, 0.2) is 24.3 Å². The Hall–Kier alpha value is -1.97. The van der Waals surface area contributed by atoms with Crippen molar-refractivity contribution in [2.24, 2.45) is 0 Å². The summed E-state index contributed by atoms with van der Waals surface area (Å²) in [6, 6.07) is 7.52. The van der Waals surface area contributed by atoms with Gasteiger partial charge in [0.1, 0.15) is 12.4 Å². The Kier molecular flexibility index (Phi) is 3.55. The molecule has 2 rings (SSSR count). The Bertz CT molecular complexity index is 546. The highest BCUT2D eigenvalue weighted by atomic mass is 16.5. The van der Waals surface area contributed by atoms with E-state index in [2.05, 4.69) is 18.9 Å². The molecule has 96 valence electrons. The van der Waals surface area contributed by atoms with Crippen molar-refractivity contribution in [3.63, 3.8) is 0 Å². The average molecular weight is 245 g/mol. The number of hydrogen-bond donors (Lipinski definition) is 1. The Morgan fingerprint density at radius 3 is 2.56 bits per heavy atom. The fraction of sp³-hybridized carbons (Fsp3) is 0.357. The Balaban J connectivity index is 1.97. The van der Waals surface area contributed by atoms with E-state index in [4.69, 9.17) is 10.5 Å². The molecular weight excluding hydrogens is 226 g/mol. The maximum atomic E-state index is 5.81. The zero-order valence-corrected chi connectivity index (χ0v) is 11.1. The number of aryl methyl sites for hydroxylation is 1. The Morgan fingerprint density at radius 1 is 1.22 bits per heavy atom. The van der Waals surface area contributed by atoms with Gasteiger partial charge in [-0.25, -0.2) is 0 Å². The molecule has 0 aliphatic rings. The third-order valence-corrected chi connectivity index (χ3v) is 3.22. The highest BCUT2D eigenvalue weighted by molar-refractivity contribution is 5.51. The zero-order chi connectivity index (χ0) is 13.1. The first-order valence-electron chi connectivity index (χ1n) is 6.07. The maximum absolute atomic E-state index is 5.81. The number of para-hydroxylation sites is 2. The van der Waals surface area contributed by atoms with E-state index in [-0.39, 0.29) is 0 Å². The lowest BCUT2D eigenvalue weighted by molar-refractivity contribution is 0.291. The molecule has 0 atom stereocenters. The monoisotopic (exact) mass is 245 g/mol. The third kappa shape index (κ3) is 2.47. The van der Waals surface area contributed by atoms with E-state index in [0.29, 0.717) is 12.3 Å². The van der Waals surface area contributed by atoms with Gasteiger partial charge in [0, 0.05) is 5.69 Å². The summed E-state index contributed by atoms with van der Waals surface area (Å²) < 4.78 is 7.63. The highest BCUT2D eigenvalue weighted by Crippen LogP contribution is 2.19. The molecule has 1 heterocycles. The van der Waals surface area contributed by atoms with Gasteiger partial charge >= 0.3 is 0 Å². The van der Waals surface area contributed by atoms with E-state index < -0.39 is 0 Å². The van der Waals surface area contributed by atoms with Crippen molar-refractivity contribution in [1.29, 1.82) is 0 Å². The van der Waals surface area contributed by atoms with E-state index in [9.17, 15) is 0 Å². The van der Waals surface area contributed by atoms with Gasteiger partial charge in [0.25, 0.3) is 0 Å². The third-order valence-electron chi connectivity index (χ3n) is 3.22. The summed E-state index contributed by atoms with van der Waals surface area (Å²) in [5.74, 6) is 0.732. The van der Waals surface area contributed by atoms with Crippen molar-refractivity contribution in [2.75, 3.05) is 12.3 Å². The number of aromatic nitrogens is 2. The van der Waals surface area contributed by atoms with Crippen molar-refractivity contribution in [3.05, 3.63) is 41.2 Å². The average Bonchev–Trinajstić information content (AvgIpc) is 2.60. The van der Waals surface area contributed by atoms with Crippen LogP contribution in [0.25, 0.3) is 0 Å². The summed E-state index contributed by atoms with van der Waals surface area (Å²) >= 11 is 0. The van der Waals surface area contributed by atoms with Gasteiger partial charge in [-0.3, -0.25) is 4.68 Å². The molecule has 0 saturated heterocycles. The van der Waals surface area contributed by atoms with E-state index in [1.54, 1.807) is 0 Å². The molecule has 2 aromatic rings. The summed E-state index contributed by atoms with van der Waals surface area (Å²) in [5.41, 5.74) is 9.99. The molecule has 0 saturated carbocycles. The summed E-state index contributed by atoms with van der Waals surface area (Å²) in [5, 5.41) is 4.47. The van der Waals surface area contributed by atoms with Crippen LogP contribution < -0.4 is 10.5 Å². The molecule has 18 heavy (non-hydrogen) atoms. The standard InChI is InChI=1S/C14H19N3O/c1-10-11(2)16-17(12(10)3)8-9-18-14-7-5-4-6-13(14)15/h4-7H,8-9,15H2,1-3H3. The number of benzene rings is 1. The normalized spacial score (nSPS) is 10.6. The van der Waals surface area contributed by atoms with Crippen LogP contribution >= 0.6 is 0 Å². The molecule has 0 fully saturated rings. The molecule has 2 N–H and O–H groups in total. The molecule has 0 bridgehead atoms. The fourth-order valence-electron chi connectivity index (χ4n) is 1.86. The minimum absolute atomic E-state index is 0.565. The number of nitrogen functional groups attached to an aromatic ring is 1. The van der Waals surface area contributed by atoms with E-state index in [0.717, 1.165) is 18.0 Å². The van der Waals surface area contributed by atoms with Crippen molar-refractivity contribution >= 4 is 5.69 Å². The molecule has 4 nitrogen and oxygen atoms in total. The molecule has 4 heteroatoms. The molecule has 0 aliphatic heterocycles. The molecule has 1 aromatic carbocycles. The Labute approximate surface area is 107 Å². The van der Waals surface area contributed by atoms with Crippen LogP contribution in [-0.4, -0.2) is 16.4 Å². The molecule has 1 aromatic heterocycles. The van der Waals surface area contributed by atoms with Gasteiger partial charge < -0.3 is 10.5 Å². The van der Waals surface area contributed by atoms with Gasteiger partial charge in [-0.15, -0.1) is 0 Å². The highest BCUT2D eigenvalue weighted by Gasteiger charge is 2.07. The molecular formula is C14H19N3O. The number of hydrogen-bond acceptors (Lipinski definition) is 3. The van der Waals surface area contributed by atoms with Crippen LogP contribution in [0.1, 0.15) is 17.0 Å². The SMILES string of the molecule is Cc1nn(CCOc2ccccc2N)c(C)c1C. The molecule has 0 radical (unpaired) electrons. The predicted molar refractivity (Wildman–Crippen MR) is 72.8 cm³/mol. The van der Waals surface area contributed by atoms with Gasteiger partial charge in [-0.05, 0) is 38.5 Å². The van der Waals surface area contributed by atoms with Crippen LogP contribution in [0.4, 0.5) is 5.69 Å². The minimum Gasteiger partial charge on any atom is -0.490 e. The van der Waals surface area contributed by atoms with Gasteiger partial charge in [0.15, 0.2) is 0 Å². The van der Waals surface area contributed by atoms with Crippen molar-refractivity contribution < 1.29 is 4.74 Å². The van der Waals surface area contributed by atoms with Crippen molar-refractivity contribution in [3.8, 4) is 5.75 Å². The van der Waals surface area contributed by atoms with Crippen LogP contribution in [0.3, 0.4) is 0 Å². The topological polar surface area (TPSA) is 53.1 Å². The fourth-order valence-corrected chi connectivity index (χ4v) is 1.86. The second-order valence-electron chi connectivity index (χ2n) is 4.41. The summed E-state index contributed by atoms with van der Waals surface area (Å²) in [7, 11) is 0. The van der Waals surface area contributed by atoms with Gasteiger partial charge in [-0.1, -0.05) is 12.1 Å². The van der Waals surface area contributed by atoms with Crippen molar-refractivity contribution in [2.45, 2.75) is 27.3 Å². The van der Waals surface area contributed by atoms with Gasteiger partial charge in [-0.2, -0.15) is 5.10 Å². The minimum atomic E-state index is 0.565. The van der Waals surface area contributed by atoms with E-state index in [1.165, 1.54) is 11.3 Å². The van der Waals surface area contributed by atoms with E-state index in [1.807, 2.05) is 35.9 Å². The number of nitrogens with two attached hydrogens (primary N) is 1. The number of ether oxygens (including phenoxy) is 1. The summed E-state index contributed by atoms with van der Waals surface area (Å²) in [6.45, 7) is 7.48.